The van der Waals surface area contributed by atoms with Crippen molar-refractivity contribution in [3.8, 4) is 0 Å². The first-order valence-electron chi connectivity index (χ1n) is 5.29. The van der Waals surface area contributed by atoms with E-state index in [4.69, 9.17) is 9.84 Å². The molecule has 0 aliphatic carbocycles. The summed E-state index contributed by atoms with van der Waals surface area (Å²) < 4.78 is 17.8. The Labute approximate surface area is 85.9 Å². The molecular weight excluding hydrogens is 185 g/mol. The molecule has 1 fully saturated rings. The van der Waals surface area contributed by atoms with E-state index in [0.717, 1.165) is 0 Å². The lowest BCUT2D eigenvalue weighted by Gasteiger charge is -2.39. The van der Waals surface area contributed by atoms with Gasteiger partial charge in [0.15, 0.2) is 0 Å². The Morgan fingerprint density at radius 3 is 2.43 bits per heavy atom. The first-order valence-corrected chi connectivity index (χ1v) is 5.29. The average molecular weight is 207 g/mol. The molecular formula is C10H22FNO2. The fraction of sp³-hybridized carbons (Fsp3) is 1.00. The molecule has 0 aromatic heterocycles. The van der Waals surface area contributed by atoms with Gasteiger partial charge in [-0.1, -0.05) is 13.8 Å². The minimum Gasteiger partial charge on any atom is -0.395 e. The van der Waals surface area contributed by atoms with Gasteiger partial charge in [0.25, 0.3) is 0 Å². The van der Waals surface area contributed by atoms with Gasteiger partial charge in [-0.3, -0.25) is 4.90 Å². The quantitative estimate of drug-likeness (QED) is 0.743. The molecule has 0 aromatic carbocycles. The van der Waals surface area contributed by atoms with Crippen LogP contribution in [0.1, 0.15) is 27.7 Å². The van der Waals surface area contributed by atoms with Crippen molar-refractivity contribution in [2.24, 2.45) is 0 Å². The zero-order chi connectivity index (χ0) is 11.1. The molecule has 1 saturated heterocycles. The zero-order valence-electron chi connectivity index (χ0n) is 9.53. The standard InChI is InChI=1S/C8H16FNO2.C2H6/c1-6(2)10-3-4-12-8(9)7(10)5-11;1-2/h6-8,11H,3-5H2,1-2H3;1-2H3. The summed E-state index contributed by atoms with van der Waals surface area (Å²) in [5.41, 5.74) is 0. The van der Waals surface area contributed by atoms with Crippen LogP contribution in [0.15, 0.2) is 0 Å². The molecule has 0 radical (unpaired) electrons. The number of hydrogen-bond donors (Lipinski definition) is 1. The molecule has 0 aromatic rings. The van der Waals surface area contributed by atoms with Crippen LogP contribution in [0.5, 0.6) is 0 Å². The van der Waals surface area contributed by atoms with Crippen LogP contribution in [0.4, 0.5) is 4.39 Å². The van der Waals surface area contributed by atoms with Crippen molar-refractivity contribution < 1.29 is 14.2 Å². The number of rotatable bonds is 2. The lowest BCUT2D eigenvalue weighted by Crippen LogP contribution is -2.54. The molecule has 2 unspecified atom stereocenters. The highest BCUT2D eigenvalue weighted by Gasteiger charge is 2.32. The summed E-state index contributed by atoms with van der Waals surface area (Å²) >= 11 is 0. The van der Waals surface area contributed by atoms with Gasteiger partial charge in [0, 0.05) is 12.6 Å². The van der Waals surface area contributed by atoms with Gasteiger partial charge in [0.2, 0.25) is 6.36 Å². The predicted molar refractivity (Wildman–Crippen MR) is 54.9 cm³/mol. The normalized spacial score (nSPS) is 28.5. The fourth-order valence-electron chi connectivity index (χ4n) is 1.53. The van der Waals surface area contributed by atoms with Crippen LogP contribution in [-0.2, 0) is 4.74 Å². The van der Waals surface area contributed by atoms with Gasteiger partial charge in [-0.05, 0) is 13.8 Å². The number of morpholine rings is 1. The first kappa shape index (κ1) is 13.8. The van der Waals surface area contributed by atoms with Crippen LogP contribution < -0.4 is 0 Å². The monoisotopic (exact) mass is 207 g/mol. The Kier molecular flexibility index (Phi) is 7.05. The van der Waals surface area contributed by atoms with Crippen molar-refractivity contribution >= 4 is 0 Å². The summed E-state index contributed by atoms with van der Waals surface area (Å²) in [5, 5.41) is 8.92. The minimum absolute atomic E-state index is 0.181. The molecule has 4 heteroatoms. The maximum Gasteiger partial charge on any atom is 0.216 e. The SMILES string of the molecule is CC.CC(C)N1CCOC(F)C1CO. The summed E-state index contributed by atoms with van der Waals surface area (Å²) in [6, 6.07) is -0.233. The van der Waals surface area contributed by atoms with Crippen LogP contribution in [0, 0.1) is 0 Å². The van der Waals surface area contributed by atoms with Gasteiger partial charge in [-0.2, -0.15) is 0 Å². The second kappa shape index (κ2) is 7.15. The molecule has 1 aliphatic rings. The summed E-state index contributed by atoms with van der Waals surface area (Å²) in [5.74, 6) is 0. The average Bonchev–Trinajstić information content (AvgIpc) is 2.20. The molecule has 0 spiro atoms. The van der Waals surface area contributed by atoms with E-state index in [2.05, 4.69) is 0 Å². The van der Waals surface area contributed by atoms with Crippen LogP contribution in [-0.4, -0.2) is 48.2 Å². The predicted octanol–water partition coefficient (Wildman–Crippen LogP) is 1.41. The zero-order valence-corrected chi connectivity index (χ0v) is 9.53. The minimum atomic E-state index is -1.34. The Balaban J connectivity index is 0.000000791. The van der Waals surface area contributed by atoms with Crippen molar-refractivity contribution in [2.45, 2.75) is 46.1 Å². The lowest BCUT2D eigenvalue weighted by molar-refractivity contribution is -0.153. The van der Waals surface area contributed by atoms with Crippen molar-refractivity contribution in [1.29, 1.82) is 0 Å². The number of hydrogen-bond acceptors (Lipinski definition) is 3. The van der Waals surface area contributed by atoms with E-state index in [-0.39, 0.29) is 12.6 Å². The van der Waals surface area contributed by atoms with Gasteiger partial charge in [-0.15, -0.1) is 0 Å². The van der Waals surface area contributed by atoms with Crippen LogP contribution in [0.25, 0.3) is 0 Å². The molecule has 1 rings (SSSR count). The van der Waals surface area contributed by atoms with Crippen molar-refractivity contribution in [3.05, 3.63) is 0 Å². The third kappa shape index (κ3) is 3.52. The number of nitrogens with zero attached hydrogens (tertiary/aromatic N) is 1. The molecule has 1 aliphatic heterocycles. The number of ether oxygens (including phenoxy) is 1. The smallest absolute Gasteiger partial charge is 0.216 e. The highest BCUT2D eigenvalue weighted by Crippen LogP contribution is 2.17. The van der Waals surface area contributed by atoms with Crippen LogP contribution >= 0.6 is 0 Å². The van der Waals surface area contributed by atoms with E-state index in [1.807, 2.05) is 32.6 Å². The molecule has 1 heterocycles. The third-order valence-corrected chi connectivity index (χ3v) is 2.21. The second-order valence-electron chi connectivity index (χ2n) is 3.30. The Morgan fingerprint density at radius 2 is 2.07 bits per heavy atom. The number of alkyl halides is 1. The first-order chi connectivity index (χ1) is 6.66. The molecule has 2 atom stereocenters. The van der Waals surface area contributed by atoms with E-state index >= 15 is 0 Å². The van der Waals surface area contributed by atoms with Crippen molar-refractivity contribution in [3.63, 3.8) is 0 Å². The Morgan fingerprint density at radius 1 is 1.50 bits per heavy atom. The van der Waals surface area contributed by atoms with Crippen molar-refractivity contribution in [2.75, 3.05) is 19.8 Å². The van der Waals surface area contributed by atoms with E-state index < -0.39 is 12.4 Å². The molecule has 1 N–H and O–H groups in total. The number of aliphatic hydroxyl groups is 1. The number of aliphatic hydroxyl groups excluding tert-OH is 1. The van der Waals surface area contributed by atoms with E-state index in [1.165, 1.54) is 0 Å². The van der Waals surface area contributed by atoms with Crippen molar-refractivity contribution in [1.82, 2.24) is 4.90 Å². The Hall–Kier alpha value is -0.190. The maximum absolute atomic E-state index is 13.0. The summed E-state index contributed by atoms with van der Waals surface area (Å²) in [7, 11) is 0. The molecule has 0 bridgehead atoms. The third-order valence-electron chi connectivity index (χ3n) is 2.21. The highest BCUT2D eigenvalue weighted by atomic mass is 19.1. The Bertz CT molecular complexity index is 144. The van der Waals surface area contributed by atoms with E-state index in [0.29, 0.717) is 13.2 Å². The second-order valence-corrected chi connectivity index (χ2v) is 3.30. The summed E-state index contributed by atoms with van der Waals surface area (Å²) in [6.07, 6.45) is -1.34. The highest BCUT2D eigenvalue weighted by molar-refractivity contribution is 4.79. The van der Waals surface area contributed by atoms with Gasteiger partial charge in [0.1, 0.15) is 0 Å². The largest absolute Gasteiger partial charge is 0.395 e. The summed E-state index contributed by atoms with van der Waals surface area (Å²) in [6.45, 7) is 8.90. The molecule has 3 nitrogen and oxygen atoms in total. The van der Waals surface area contributed by atoms with Crippen LogP contribution in [0.2, 0.25) is 0 Å². The molecule has 14 heavy (non-hydrogen) atoms. The lowest BCUT2D eigenvalue weighted by atomic mass is 10.2. The molecule has 0 amide bonds. The molecule has 86 valence electrons. The van der Waals surface area contributed by atoms with Gasteiger partial charge < -0.3 is 9.84 Å². The number of halogens is 1. The van der Waals surface area contributed by atoms with Gasteiger partial charge in [0.05, 0.1) is 19.3 Å². The molecule has 0 saturated carbocycles. The summed E-state index contributed by atoms with van der Waals surface area (Å²) in [4.78, 5) is 1.92. The fourth-order valence-corrected chi connectivity index (χ4v) is 1.53. The maximum atomic E-state index is 13.0. The van der Waals surface area contributed by atoms with Gasteiger partial charge in [-0.25, -0.2) is 4.39 Å². The van der Waals surface area contributed by atoms with Gasteiger partial charge >= 0.3 is 0 Å². The van der Waals surface area contributed by atoms with Crippen LogP contribution in [0.3, 0.4) is 0 Å². The van der Waals surface area contributed by atoms with E-state index in [9.17, 15) is 4.39 Å². The van der Waals surface area contributed by atoms with E-state index in [1.54, 1.807) is 0 Å². The topological polar surface area (TPSA) is 32.7 Å².